The van der Waals surface area contributed by atoms with Crippen LogP contribution in [0, 0.1) is 5.92 Å². The Bertz CT molecular complexity index is 678. The second kappa shape index (κ2) is 6.64. The van der Waals surface area contributed by atoms with E-state index in [-0.39, 0.29) is 17.9 Å². The number of nitrogens with one attached hydrogen (secondary N) is 2. The summed E-state index contributed by atoms with van der Waals surface area (Å²) in [5.41, 5.74) is 1.09. The second-order valence-electron chi connectivity index (χ2n) is 7.11. The summed E-state index contributed by atoms with van der Waals surface area (Å²) in [4.78, 5) is 4.51. The number of H-pyrrole nitrogens is 1. The van der Waals surface area contributed by atoms with E-state index in [0.717, 1.165) is 48.9 Å². The van der Waals surface area contributed by atoms with Gasteiger partial charge in [-0.15, -0.1) is 0 Å². The highest BCUT2D eigenvalue weighted by Crippen LogP contribution is 2.39. The maximum absolute atomic E-state index is 10.3. The minimum absolute atomic E-state index is 0.226. The van der Waals surface area contributed by atoms with E-state index in [2.05, 4.69) is 38.6 Å². The zero-order valence-corrected chi connectivity index (χ0v) is 14.0. The first-order valence-corrected chi connectivity index (χ1v) is 8.98. The van der Waals surface area contributed by atoms with E-state index in [9.17, 15) is 5.11 Å². The van der Waals surface area contributed by atoms with Crippen molar-refractivity contribution in [3.63, 3.8) is 0 Å². The zero-order chi connectivity index (χ0) is 16.5. The first-order valence-electron chi connectivity index (χ1n) is 8.98. The number of aliphatic hydroxyl groups is 1. The molecule has 3 atom stereocenters. The molecule has 24 heavy (non-hydrogen) atoms. The van der Waals surface area contributed by atoms with Crippen LogP contribution in [0.2, 0.25) is 0 Å². The summed E-state index contributed by atoms with van der Waals surface area (Å²) in [7, 11) is 0. The topological polar surface area (TPSA) is 99.9 Å². The van der Waals surface area contributed by atoms with E-state index in [1.807, 2.05) is 0 Å². The Morgan fingerprint density at radius 2 is 2.21 bits per heavy atom. The average molecular weight is 331 g/mol. The standard InChI is InChI=1S/C17H25N5O2/c1-2-16-19-17(21-20-16)11-5-12(15(23)6-11)8-18-9-13-7-14(22-24-13)10-3-4-10/h7,10-12,15,18,23H,2-6,8-9H2,1H3,(H,19,20,21)/t11-,12+,15+/m0/s1. The molecule has 2 aromatic heterocycles. The van der Waals surface area contributed by atoms with Gasteiger partial charge in [-0.3, -0.25) is 5.10 Å². The molecule has 2 saturated carbocycles. The molecule has 2 aromatic rings. The van der Waals surface area contributed by atoms with Gasteiger partial charge in [0.05, 0.1) is 18.3 Å². The van der Waals surface area contributed by atoms with Crippen molar-refractivity contribution in [2.75, 3.05) is 6.54 Å². The second-order valence-corrected chi connectivity index (χ2v) is 7.11. The van der Waals surface area contributed by atoms with Crippen molar-refractivity contribution in [2.24, 2.45) is 5.92 Å². The Morgan fingerprint density at radius 3 is 2.96 bits per heavy atom. The highest BCUT2D eigenvalue weighted by Gasteiger charge is 2.35. The van der Waals surface area contributed by atoms with Crippen molar-refractivity contribution in [1.82, 2.24) is 25.7 Å². The Hall–Kier alpha value is -1.73. The lowest BCUT2D eigenvalue weighted by atomic mass is 10.0. The Morgan fingerprint density at radius 1 is 1.33 bits per heavy atom. The van der Waals surface area contributed by atoms with Crippen LogP contribution in [0.15, 0.2) is 10.6 Å². The Balaban J connectivity index is 1.26. The third kappa shape index (κ3) is 3.37. The van der Waals surface area contributed by atoms with E-state index < -0.39 is 0 Å². The first kappa shape index (κ1) is 15.8. The summed E-state index contributed by atoms with van der Waals surface area (Å²) in [6.07, 6.45) is 4.67. The number of aliphatic hydroxyl groups excluding tert-OH is 1. The van der Waals surface area contributed by atoms with Gasteiger partial charge in [-0.05, 0) is 31.6 Å². The summed E-state index contributed by atoms with van der Waals surface area (Å²) in [5.74, 6) is 3.73. The number of nitrogens with zero attached hydrogens (tertiary/aromatic N) is 3. The normalized spacial score (nSPS) is 27.0. The number of rotatable bonds is 7. The molecule has 2 heterocycles. The molecule has 3 N–H and O–H groups in total. The van der Waals surface area contributed by atoms with Gasteiger partial charge in [-0.1, -0.05) is 12.1 Å². The van der Waals surface area contributed by atoms with Gasteiger partial charge in [0.1, 0.15) is 5.82 Å². The molecule has 0 radical (unpaired) electrons. The molecule has 0 saturated heterocycles. The molecule has 7 heteroatoms. The fraction of sp³-hybridized carbons (Fsp3) is 0.706. The minimum Gasteiger partial charge on any atom is -0.393 e. The van der Waals surface area contributed by atoms with Crippen molar-refractivity contribution in [3.05, 3.63) is 29.2 Å². The van der Waals surface area contributed by atoms with E-state index in [1.54, 1.807) is 0 Å². The molecule has 0 aliphatic heterocycles. The van der Waals surface area contributed by atoms with Crippen LogP contribution >= 0.6 is 0 Å². The summed E-state index contributed by atoms with van der Waals surface area (Å²) in [6.45, 7) is 3.48. The lowest BCUT2D eigenvalue weighted by Gasteiger charge is -2.14. The number of hydrogen-bond donors (Lipinski definition) is 3. The first-order chi connectivity index (χ1) is 11.7. The summed E-state index contributed by atoms with van der Waals surface area (Å²) < 4.78 is 5.36. The molecule has 2 aliphatic carbocycles. The fourth-order valence-electron chi connectivity index (χ4n) is 3.55. The van der Waals surface area contributed by atoms with E-state index in [0.29, 0.717) is 12.5 Å². The van der Waals surface area contributed by atoms with Crippen molar-refractivity contribution in [1.29, 1.82) is 0 Å². The predicted molar refractivity (Wildman–Crippen MR) is 87.4 cm³/mol. The average Bonchev–Trinajstić information content (AvgIpc) is 3.00. The maximum Gasteiger partial charge on any atom is 0.153 e. The van der Waals surface area contributed by atoms with Crippen molar-refractivity contribution in [3.8, 4) is 0 Å². The van der Waals surface area contributed by atoms with E-state index >= 15 is 0 Å². The third-order valence-corrected chi connectivity index (χ3v) is 5.19. The van der Waals surface area contributed by atoms with Gasteiger partial charge in [-0.2, -0.15) is 5.10 Å². The molecule has 2 fully saturated rings. The summed E-state index contributed by atoms with van der Waals surface area (Å²) in [6, 6.07) is 2.05. The molecule has 7 nitrogen and oxygen atoms in total. The zero-order valence-electron chi connectivity index (χ0n) is 14.0. The molecule has 130 valence electrons. The van der Waals surface area contributed by atoms with Crippen LogP contribution in [0.25, 0.3) is 0 Å². The lowest BCUT2D eigenvalue weighted by molar-refractivity contribution is 0.130. The van der Waals surface area contributed by atoms with Crippen molar-refractivity contribution < 1.29 is 9.63 Å². The van der Waals surface area contributed by atoms with Crippen LogP contribution in [0.4, 0.5) is 0 Å². The smallest absolute Gasteiger partial charge is 0.153 e. The molecule has 4 rings (SSSR count). The molecule has 2 aliphatic rings. The van der Waals surface area contributed by atoms with Crippen molar-refractivity contribution in [2.45, 2.75) is 63.5 Å². The maximum atomic E-state index is 10.3. The molecular weight excluding hydrogens is 306 g/mol. The molecule has 0 amide bonds. The molecule has 0 spiro atoms. The number of hydrogen-bond acceptors (Lipinski definition) is 6. The van der Waals surface area contributed by atoms with Gasteiger partial charge >= 0.3 is 0 Å². The van der Waals surface area contributed by atoms with Crippen LogP contribution in [0.5, 0.6) is 0 Å². The molecule has 0 bridgehead atoms. The largest absolute Gasteiger partial charge is 0.393 e. The summed E-state index contributed by atoms with van der Waals surface area (Å²) >= 11 is 0. The van der Waals surface area contributed by atoms with Crippen LogP contribution in [0.3, 0.4) is 0 Å². The molecule has 0 unspecified atom stereocenters. The van der Waals surface area contributed by atoms with Crippen molar-refractivity contribution >= 4 is 0 Å². The number of aromatic nitrogens is 4. The van der Waals surface area contributed by atoms with Gasteiger partial charge in [0, 0.05) is 30.9 Å². The van der Waals surface area contributed by atoms with Gasteiger partial charge < -0.3 is 14.9 Å². The van der Waals surface area contributed by atoms with Gasteiger partial charge in [0.2, 0.25) is 0 Å². The third-order valence-electron chi connectivity index (χ3n) is 5.19. The van der Waals surface area contributed by atoms with E-state index in [1.165, 1.54) is 12.8 Å². The van der Waals surface area contributed by atoms with Gasteiger partial charge in [0.25, 0.3) is 0 Å². The number of aromatic amines is 1. The van der Waals surface area contributed by atoms with Crippen LogP contribution in [-0.4, -0.2) is 38.1 Å². The monoisotopic (exact) mass is 331 g/mol. The highest BCUT2D eigenvalue weighted by atomic mass is 16.5. The Labute approximate surface area is 141 Å². The Kier molecular flexibility index (Phi) is 4.37. The molecular formula is C17H25N5O2. The lowest BCUT2D eigenvalue weighted by Crippen LogP contribution is -2.27. The fourth-order valence-corrected chi connectivity index (χ4v) is 3.55. The predicted octanol–water partition coefficient (Wildman–Crippen LogP) is 1.88. The highest BCUT2D eigenvalue weighted by molar-refractivity contribution is 5.15. The van der Waals surface area contributed by atoms with Gasteiger partial charge in [-0.25, -0.2) is 4.98 Å². The van der Waals surface area contributed by atoms with Gasteiger partial charge in [0.15, 0.2) is 11.6 Å². The quantitative estimate of drug-likeness (QED) is 0.716. The van der Waals surface area contributed by atoms with Crippen LogP contribution in [-0.2, 0) is 13.0 Å². The van der Waals surface area contributed by atoms with E-state index in [4.69, 9.17) is 4.52 Å². The minimum atomic E-state index is -0.303. The number of aryl methyl sites for hydroxylation is 1. The SMILES string of the molecule is CCc1nc([C@H]2C[C@H](CNCc3cc(C4CC4)no3)[C@H](O)C2)n[nH]1. The van der Waals surface area contributed by atoms with Crippen LogP contribution in [0.1, 0.15) is 67.5 Å². The summed E-state index contributed by atoms with van der Waals surface area (Å²) in [5, 5.41) is 25.1. The molecule has 0 aromatic carbocycles. The van der Waals surface area contributed by atoms with Crippen LogP contribution < -0.4 is 5.32 Å².